The van der Waals surface area contributed by atoms with E-state index in [4.69, 9.17) is 0 Å². The van der Waals surface area contributed by atoms with Crippen LogP contribution in [0.1, 0.15) is 16.1 Å². The molecule has 0 spiro atoms. The second-order valence-corrected chi connectivity index (χ2v) is 9.80. The van der Waals surface area contributed by atoms with Crippen LogP contribution in [0.25, 0.3) is 21.3 Å². The summed E-state index contributed by atoms with van der Waals surface area (Å²) in [6.07, 6.45) is -8.12. The highest BCUT2D eigenvalue weighted by molar-refractivity contribution is 7.18. The zero-order chi connectivity index (χ0) is 29.7. The summed E-state index contributed by atoms with van der Waals surface area (Å²) >= 11 is 0.349. The molecule has 41 heavy (non-hydrogen) atoms. The highest BCUT2D eigenvalue weighted by Gasteiger charge is 2.39. The Bertz CT molecular complexity index is 1730. The van der Waals surface area contributed by atoms with Crippen LogP contribution in [-0.4, -0.2) is 4.98 Å². The molecule has 1 heterocycles. The lowest BCUT2D eigenvalue weighted by Crippen LogP contribution is -2.22. The van der Waals surface area contributed by atoms with E-state index in [0.29, 0.717) is 29.0 Å². The zero-order valence-corrected chi connectivity index (χ0v) is 21.2. The van der Waals surface area contributed by atoms with Gasteiger partial charge < -0.3 is 9.47 Å². The van der Waals surface area contributed by atoms with Gasteiger partial charge in [-0.3, -0.25) is 0 Å². The molecule has 5 aromatic rings. The fraction of sp³-hybridized carbons (Fsp3) is 0.107. The molecule has 0 fully saturated rings. The fourth-order valence-corrected chi connectivity index (χ4v) is 4.74. The SMILES string of the molecule is Cc1ccc(C(F)(F)Oc2cc(F)c(-c3ccc4nc(C(F)(F)Oc5cc(F)c(F)c(F)c5)sc4c3)c(F)c2)cc1. The first kappa shape index (κ1) is 28.3. The maximum Gasteiger partial charge on any atom is 0.454 e. The molecule has 3 nitrogen and oxygen atoms in total. The van der Waals surface area contributed by atoms with E-state index in [0.717, 1.165) is 18.2 Å². The molecule has 5 rings (SSSR count). The van der Waals surface area contributed by atoms with Crippen molar-refractivity contribution < 1.29 is 49.0 Å². The minimum absolute atomic E-state index is 0.0160. The van der Waals surface area contributed by atoms with Gasteiger partial charge in [0.15, 0.2) is 17.5 Å². The van der Waals surface area contributed by atoms with Crippen LogP contribution in [0.5, 0.6) is 11.5 Å². The zero-order valence-electron chi connectivity index (χ0n) is 20.4. The summed E-state index contributed by atoms with van der Waals surface area (Å²) in [5, 5.41) is -0.974. The smallest absolute Gasteiger partial charge is 0.429 e. The Balaban J connectivity index is 1.42. The van der Waals surface area contributed by atoms with Crippen molar-refractivity contribution in [1.82, 2.24) is 4.98 Å². The van der Waals surface area contributed by atoms with Crippen molar-refractivity contribution in [1.29, 1.82) is 0 Å². The minimum atomic E-state index is -4.22. The molecular formula is C28H14F9NO2S. The molecule has 1 aromatic heterocycles. The number of ether oxygens (including phenoxy) is 2. The van der Waals surface area contributed by atoms with Gasteiger partial charge in [-0.05, 0) is 36.8 Å². The van der Waals surface area contributed by atoms with Gasteiger partial charge in [0.05, 0.1) is 21.3 Å². The van der Waals surface area contributed by atoms with E-state index in [2.05, 4.69) is 14.5 Å². The van der Waals surface area contributed by atoms with Crippen LogP contribution in [0.2, 0.25) is 0 Å². The van der Waals surface area contributed by atoms with Crippen LogP contribution < -0.4 is 9.47 Å². The van der Waals surface area contributed by atoms with E-state index >= 15 is 0 Å². The third-order valence-corrected chi connectivity index (χ3v) is 6.85. The Kier molecular flexibility index (Phi) is 7.10. The summed E-state index contributed by atoms with van der Waals surface area (Å²) < 4.78 is 137. The van der Waals surface area contributed by atoms with Crippen LogP contribution in [0, 0.1) is 36.0 Å². The van der Waals surface area contributed by atoms with Gasteiger partial charge in [0.25, 0.3) is 0 Å². The molecule has 0 bridgehead atoms. The molecule has 212 valence electrons. The number of hydrogen-bond acceptors (Lipinski definition) is 4. The Labute approximate surface area is 229 Å². The third-order valence-electron chi connectivity index (χ3n) is 5.78. The molecule has 4 aromatic carbocycles. The van der Waals surface area contributed by atoms with E-state index in [-0.39, 0.29) is 27.9 Å². The summed E-state index contributed by atoms with van der Waals surface area (Å²) in [6.45, 7) is 1.69. The average molecular weight is 599 g/mol. The molecule has 0 unspecified atom stereocenters. The van der Waals surface area contributed by atoms with Gasteiger partial charge in [-0.15, -0.1) is 11.3 Å². The standard InChI is InChI=1S/C28H14F9NO2S/c1-13-2-5-15(6-3-13)27(34,35)39-16-9-18(29)24(19(30)10-16)14-4-7-22-23(8-14)41-26(38-22)28(36,37)40-17-11-20(31)25(33)21(32)12-17/h2-12H,1H3. The number of thiazole rings is 1. The number of alkyl halides is 4. The molecule has 0 amide bonds. The highest BCUT2D eigenvalue weighted by Crippen LogP contribution is 2.40. The molecular weight excluding hydrogens is 585 g/mol. The molecule has 0 atom stereocenters. The van der Waals surface area contributed by atoms with Crippen molar-refractivity contribution in [3.63, 3.8) is 0 Å². The summed E-state index contributed by atoms with van der Waals surface area (Å²) in [7, 11) is 0. The maximum absolute atomic E-state index is 15.0. The van der Waals surface area contributed by atoms with Gasteiger partial charge in [0, 0.05) is 24.3 Å². The van der Waals surface area contributed by atoms with Gasteiger partial charge >= 0.3 is 12.2 Å². The van der Waals surface area contributed by atoms with Crippen LogP contribution >= 0.6 is 11.3 Å². The summed E-state index contributed by atoms with van der Waals surface area (Å²) in [5.74, 6) is -9.69. The van der Waals surface area contributed by atoms with Crippen molar-refractivity contribution >= 4 is 21.6 Å². The first-order valence-corrected chi connectivity index (χ1v) is 12.3. The average Bonchev–Trinajstić information content (AvgIpc) is 3.31. The van der Waals surface area contributed by atoms with Crippen LogP contribution in [-0.2, 0) is 12.2 Å². The van der Waals surface area contributed by atoms with E-state index in [1.54, 1.807) is 6.92 Å². The normalized spacial score (nSPS) is 12.1. The maximum atomic E-state index is 15.0. The van der Waals surface area contributed by atoms with Gasteiger partial charge in [-0.1, -0.05) is 23.8 Å². The summed E-state index contributed by atoms with van der Waals surface area (Å²) in [4.78, 5) is 3.70. The fourth-order valence-electron chi connectivity index (χ4n) is 3.83. The third kappa shape index (κ3) is 5.67. The minimum Gasteiger partial charge on any atom is -0.429 e. The Morgan fingerprint density at radius 1 is 0.659 bits per heavy atom. The van der Waals surface area contributed by atoms with Crippen molar-refractivity contribution in [2.45, 2.75) is 19.1 Å². The van der Waals surface area contributed by atoms with Crippen molar-refractivity contribution in [3.8, 4) is 22.6 Å². The predicted molar refractivity (Wildman–Crippen MR) is 132 cm³/mol. The van der Waals surface area contributed by atoms with Gasteiger partial charge in [0.2, 0.25) is 5.01 Å². The number of benzene rings is 4. The number of rotatable bonds is 7. The highest BCUT2D eigenvalue weighted by atomic mass is 32.1. The number of hydrogen-bond donors (Lipinski definition) is 0. The quantitative estimate of drug-likeness (QED) is 0.138. The molecule has 0 N–H and O–H groups in total. The Morgan fingerprint density at radius 2 is 1.20 bits per heavy atom. The molecule has 0 saturated heterocycles. The van der Waals surface area contributed by atoms with Crippen LogP contribution in [0.4, 0.5) is 39.5 Å². The van der Waals surface area contributed by atoms with Crippen LogP contribution in [0.15, 0.2) is 66.7 Å². The molecule has 0 aliphatic carbocycles. The lowest BCUT2D eigenvalue weighted by Gasteiger charge is -2.19. The summed E-state index contributed by atoms with van der Waals surface area (Å²) in [5.41, 5.74) is -0.632. The number of aromatic nitrogens is 1. The first-order valence-electron chi connectivity index (χ1n) is 11.5. The van der Waals surface area contributed by atoms with Crippen molar-refractivity contribution in [3.05, 3.63) is 112 Å². The second kappa shape index (κ2) is 10.3. The first-order chi connectivity index (χ1) is 19.2. The van der Waals surface area contributed by atoms with Gasteiger partial charge in [-0.25, -0.2) is 26.9 Å². The van der Waals surface area contributed by atoms with Crippen molar-refractivity contribution in [2.24, 2.45) is 0 Å². The van der Waals surface area contributed by atoms with Crippen LogP contribution in [0.3, 0.4) is 0 Å². The summed E-state index contributed by atoms with van der Waals surface area (Å²) in [6, 6.07) is 10.1. The number of halogens is 9. The van der Waals surface area contributed by atoms with Crippen molar-refractivity contribution in [2.75, 3.05) is 0 Å². The molecule has 0 radical (unpaired) electrons. The van der Waals surface area contributed by atoms with E-state index in [1.165, 1.54) is 24.3 Å². The topological polar surface area (TPSA) is 31.4 Å². The number of aryl methyl sites for hydroxylation is 1. The molecule has 0 aliphatic heterocycles. The van der Waals surface area contributed by atoms with E-state index < -0.39 is 68.9 Å². The number of fused-ring (bicyclic) bond motifs is 1. The Hall–Kier alpha value is -4.26. The molecule has 0 aliphatic rings. The van der Waals surface area contributed by atoms with Gasteiger partial charge in [-0.2, -0.15) is 17.6 Å². The van der Waals surface area contributed by atoms with E-state index in [1.807, 2.05) is 0 Å². The lowest BCUT2D eigenvalue weighted by molar-refractivity contribution is -0.186. The molecule has 0 saturated carbocycles. The Morgan fingerprint density at radius 3 is 1.78 bits per heavy atom. The van der Waals surface area contributed by atoms with E-state index in [9.17, 15) is 39.5 Å². The van der Waals surface area contributed by atoms with Gasteiger partial charge in [0.1, 0.15) is 23.1 Å². The largest absolute Gasteiger partial charge is 0.454 e. The monoisotopic (exact) mass is 599 g/mol. The molecule has 13 heteroatoms. The predicted octanol–water partition coefficient (Wildman–Crippen LogP) is 9.22. The second-order valence-electron chi connectivity index (χ2n) is 8.77. The lowest BCUT2D eigenvalue weighted by atomic mass is 10.0. The number of nitrogens with zero attached hydrogens (tertiary/aromatic N) is 1.